The molecular weight excluding hydrogens is 532 g/mol. The van der Waals surface area contributed by atoms with Crippen LogP contribution in [0, 0.1) is 56.2 Å². The van der Waals surface area contributed by atoms with E-state index in [2.05, 4.69) is 54.5 Å². The first-order chi connectivity index (χ1) is 20.0. The summed E-state index contributed by atoms with van der Waals surface area (Å²) in [5, 5.41) is 0. The normalized spacial score (nSPS) is 45.0. The Hall–Kier alpha value is -2.23. The molecule has 5 unspecified atom stereocenters. The van der Waals surface area contributed by atoms with Crippen LogP contribution in [0.5, 0.6) is 0 Å². The molecule has 0 spiro atoms. The SMILES string of the molecule is CC(=O)[C@H]1CCC2(C)C(CC[C@]3(C)C2C(=O)C=C2C4C[C@@](C)(C(=O)OCc5ccccc5)CCC4(C)CC[C@]23C)C1(C)C. The predicted octanol–water partition coefficient (Wildman–Crippen LogP) is 8.92. The van der Waals surface area contributed by atoms with E-state index in [1.807, 2.05) is 30.3 Å². The van der Waals surface area contributed by atoms with Crippen molar-refractivity contribution in [2.75, 3.05) is 0 Å². The van der Waals surface area contributed by atoms with Crippen LogP contribution in [0.1, 0.15) is 119 Å². The van der Waals surface area contributed by atoms with Gasteiger partial charge in [0.2, 0.25) is 0 Å². The number of rotatable bonds is 4. The number of esters is 1. The lowest BCUT2D eigenvalue weighted by Crippen LogP contribution is -2.66. The molecule has 4 saturated carbocycles. The number of ether oxygens (including phenoxy) is 1. The monoisotopic (exact) mass is 586 g/mol. The minimum Gasteiger partial charge on any atom is -0.460 e. The summed E-state index contributed by atoms with van der Waals surface area (Å²) in [4.78, 5) is 41.0. The van der Waals surface area contributed by atoms with Gasteiger partial charge in [-0.15, -0.1) is 0 Å². The van der Waals surface area contributed by atoms with Crippen LogP contribution in [0.25, 0.3) is 0 Å². The van der Waals surface area contributed by atoms with E-state index in [-0.39, 0.29) is 50.8 Å². The number of hydrogen-bond donors (Lipinski definition) is 0. The summed E-state index contributed by atoms with van der Waals surface area (Å²) in [6.45, 7) is 18.5. The van der Waals surface area contributed by atoms with E-state index in [0.717, 1.165) is 63.4 Å². The van der Waals surface area contributed by atoms with Crippen molar-refractivity contribution in [3.63, 3.8) is 0 Å². The van der Waals surface area contributed by atoms with Crippen molar-refractivity contribution in [1.82, 2.24) is 0 Å². The van der Waals surface area contributed by atoms with Crippen LogP contribution in [0.15, 0.2) is 42.0 Å². The first-order valence-electron chi connectivity index (χ1n) is 17.0. The second-order valence-electron chi connectivity index (χ2n) is 17.3. The van der Waals surface area contributed by atoms with Crippen LogP contribution in [0.2, 0.25) is 0 Å². The molecule has 0 radical (unpaired) electrons. The number of hydrogen-bond acceptors (Lipinski definition) is 4. The van der Waals surface area contributed by atoms with Gasteiger partial charge >= 0.3 is 5.97 Å². The zero-order valence-electron chi connectivity index (χ0n) is 28.0. The molecular formula is C39H54O4. The standard InChI is InChI=1S/C39H54O4/c1-25(40)27-14-16-37(6)31(34(27,2)3)15-17-39(8)32(37)30(41)22-28-29-23-36(5,19-18-35(29,4)20-21-38(28,39)7)33(42)43-24-26-12-10-9-11-13-26/h9-13,22,27,29,31-32H,14-21,23-24H2,1-8H3/t27-,29?,31?,32?,35?,36+,37?,38-,39-/m1/s1. The van der Waals surface area contributed by atoms with Crippen LogP contribution in [0.3, 0.4) is 0 Å². The highest BCUT2D eigenvalue weighted by Crippen LogP contribution is 2.75. The molecule has 0 saturated heterocycles. The van der Waals surface area contributed by atoms with E-state index < -0.39 is 5.41 Å². The number of Topliss-reactive ketones (excluding diaryl/α,β-unsaturated/α-hetero) is 1. The van der Waals surface area contributed by atoms with Crippen molar-refractivity contribution in [1.29, 1.82) is 0 Å². The Bertz CT molecular complexity index is 1360. The van der Waals surface area contributed by atoms with Crippen molar-refractivity contribution in [2.45, 2.75) is 120 Å². The molecule has 9 atom stereocenters. The first kappa shape index (κ1) is 30.8. The van der Waals surface area contributed by atoms with Crippen LogP contribution in [-0.2, 0) is 25.7 Å². The van der Waals surface area contributed by atoms with Crippen molar-refractivity contribution < 1.29 is 19.1 Å². The Balaban J connectivity index is 1.33. The van der Waals surface area contributed by atoms with Crippen LogP contribution >= 0.6 is 0 Å². The van der Waals surface area contributed by atoms with E-state index in [9.17, 15) is 14.4 Å². The van der Waals surface area contributed by atoms with Crippen molar-refractivity contribution in [3.05, 3.63) is 47.5 Å². The van der Waals surface area contributed by atoms with Gasteiger partial charge in [-0.25, -0.2) is 0 Å². The molecule has 6 rings (SSSR count). The number of fused-ring (bicyclic) bond motifs is 7. The summed E-state index contributed by atoms with van der Waals surface area (Å²) in [6, 6.07) is 9.93. The van der Waals surface area contributed by atoms with E-state index in [4.69, 9.17) is 4.74 Å². The van der Waals surface area contributed by atoms with Gasteiger partial charge in [-0.05, 0) is 122 Å². The molecule has 1 aromatic rings. The van der Waals surface area contributed by atoms with E-state index >= 15 is 0 Å². The molecule has 4 nitrogen and oxygen atoms in total. The Labute approximate surface area is 259 Å². The van der Waals surface area contributed by atoms with Gasteiger partial charge in [-0.3, -0.25) is 14.4 Å². The lowest BCUT2D eigenvalue weighted by atomic mass is 9.33. The Kier molecular flexibility index (Phi) is 7.08. The lowest BCUT2D eigenvalue weighted by Gasteiger charge is -2.70. The summed E-state index contributed by atoms with van der Waals surface area (Å²) in [7, 11) is 0. The third kappa shape index (κ3) is 4.31. The molecule has 1 aromatic carbocycles. The largest absolute Gasteiger partial charge is 0.460 e. The first-order valence-corrected chi connectivity index (χ1v) is 17.0. The van der Waals surface area contributed by atoms with Crippen LogP contribution < -0.4 is 0 Å². The van der Waals surface area contributed by atoms with Gasteiger partial charge in [0.1, 0.15) is 12.4 Å². The van der Waals surface area contributed by atoms with Crippen LogP contribution in [0.4, 0.5) is 0 Å². The number of benzene rings is 1. The Morgan fingerprint density at radius 3 is 2.21 bits per heavy atom. The highest BCUT2D eigenvalue weighted by molar-refractivity contribution is 5.96. The van der Waals surface area contributed by atoms with Gasteiger partial charge in [0.05, 0.1) is 5.41 Å². The Morgan fingerprint density at radius 1 is 0.860 bits per heavy atom. The smallest absolute Gasteiger partial charge is 0.312 e. The van der Waals surface area contributed by atoms with Gasteiger partial charge in [0.25, 0.3) is 0 Å². The van der Waals surface area contributed by atoms with E-state index in [1.54, 1.807) is 6.92 Å². The van der Waals surface area contributed by atoms with Gasteiger partial charge in [0, 0.05) is 11.8 Å². The fourth-order valence-corrected chi connectivity index (χ4v) is 12.0. The average Bonchev–Trinajstić information content (AvgIpc) is 2.93. The molecule has 5 aliphatic carbocycles. The van der Waals surface area contributed by atoms with Gasteiger partial charge in [-0.2, -0.15) is 0 Å². The maximum Gasteiger partial charge on any atom is 0.312 e. The maximum absolute atomic E-state index is 14.6. The average molecular weight is 587 g/mol. The maximum atomic E-state index is 14.6. The zero-order chi connectivity index (χ0) is 31.2. The molecule has 4 heteroatoms. The van der Waals surface area contributed by atoms with Crippen molar-refractivity contribution >= 4 is 17.5 Å². The molecule has 5 aliphatic rings. The number of carbonyl (C=O) groups excluding carboxylic acids is 3. The molecule has 0 N–H and O–H groups in total. The fourth-order valence-electron chi connectivity index (χ4n) is 12.0. The summed E-state index contributed by atoms with van der Waals surface area (Å²) >= 11 is 0. The van der Waals surface area contributed by atoms with E-state index in [0.29, 0.717) is 24.1 Å². The second kappa shape index (κ2) is 9.88. The minimum absolute atomic E-state index is 0.0325. The third-order valence-electron chi connectivity index (χ3n) is 14.8. The third-order valence-corrected chi connectivity index (χ3v) is 14.8. The summed E-state index contributed by atoms with van der Waals surface area (Å²) in [6.07, 6.45) is 10.8. The van der Waals surface area contributed by atoms with Gasteiger partial charge in [-0.1, -0.05) is 77.4 Å². The zero-order valence-corrected chi connectivity index (χ0v) is 28.0. The predicted molar refractivity (Wildman–Crippen MR) is 170 cm³/mol. The number of carbonyl (C=O) groups is 3. The van der Waals surface area contributed by atoms with Crippen molar-refractivity contribution in [2.24, 2.45) is 56.2 Å². The molecule has 0 aliphatic heterocycles. The molecule has 234 valence electrons. The summed E-state index contributed by atoms with van der Waals surface area (Å²) in [5.41, 5.74) is 1.42. The lowest BCUT2D eigenvalue weighted by molar-refractivity contribution is -0.194. The molecule has 0 amide bonds. The fraction of sp³-hybridized carbons (Fsp3) is 0.718. The van der Waals surface area contributed by atoms with E-state index in [1.165, 1.54) is 5.57 Å². The molecule has 0 heterocycles. The molecule has 4 fully saturated rings. The quantitative estimate of drug-likeness (QED) is 0.331. The number of allylic oxidation sites excluding steroid dienone is 2. The Morgan fingerprint density at radius 2 is 1.53 bits per heavy atom. The molecule has 0 bridgehead atoms. The highest BCUT2D eigenvalue weighted by atomic mass is 16.5. The second-order valence-corrected chi connectivity index (χ2v) is 17.3. The van der Waals surface area contributed by atoms with Gasteiger partial charge in [0.15, 0.2) is 5.78 Å². The molecule has 43 heavy (non-hydrogen) atoms. The molecule has 0 aromatic heterocycles. The van der Waals surface area contributed by atoms with Gasteiger partial charge < -0.3 is 4.74 Å². The highest BCUT2D eigenvalue weighted by Gasteiger charge is 2.70. The van der Waals surface area contributed by atoms with Crippen molar-refractivity contribution in [3.8, 4) is 0 Å². The summed E-state index contributed by atoms with van der Waals surface area (Å²) < 4.78 is 5.94. The van der Waals surface area contributed by atoms with Crippen LogP contribution in [-0.4, -0.2) is 17.5 Å². The summed E-state index contributed by atoms with van der Waals surface area (Å²) in [5.74, 6) is 1.11. The topological polar surface area (TPSA) is 60.4 Å². The minimum atomic E-state index is -0.558. The number of ketones is 2.